The van der Waals surface area contributed by atoms with Gasteiger partial charge in [-0.3, -0.25) is 0 Å². The van der Waals surface area contributed by atoms with Gasteiger partial charge in [0.15, 0.2) is 5.69 Å². The maximum absolute atomic E-state index is 7.14. The summed E-state index contributed by atoms with van der Waals surface area (Å²) in [6.45, 7) is 0. The van der Waals surface area contributed by atoms with Gasteiger partial charge in [0.2, 0.25) is 0 Å². The van der Waals surface area contributed by atoms with Crippen LogP contribution in [-0.4, -0.2) is 4.57 Å². The molecule has 52 heavy (non-hydrogen) atoms. The second-order valence-corrected chi connectivity index (χ2v) is 14.5. The van der Waals surface area contributed by atoms with E-state index in [0.29, 0.717) is 0 Å². The Hall–Kier alpha value is -6.98. The highest BCUT2D eigenvalue weighted by Gasteiger charge is 2.66. The molecule has 5 aliphatic heterocycles. The van der Waals surface area contributed by atoms with Gasteiger partial charge in [0.05, 0.1) is 23.3 Å². The fraction of sp³-hybridized carbons (Fsp3) is 0.0213. The van der Waals surface area contributed by atoms with E-state index in [4.69, 9.17) is 4.74 Å². The fourth-order valence-electron chi connectivity index (χ4n) is 10.5. The van der Waals surface area contributed by atoms with Crippen molar-refractivity contribution in [1.29, 1.82) is 0 Å². The molecule has 8 heterocycles. The normalized spacial score (nSPS) is 16.7. The van der Waals surface area contributed by atoms with Crippen LogP contribution < -0.4 is 18.8 Å². The number of fused-ring (bicyclic) bond motifs is 10. The molecule has 0 amide bonds. The number of ether oxygens (including phenoxy) is 1. The van der Waals surface area contributed by atoms with Crippen LogP contribution in [0.25, 0.3) is 72.1 Å². The third-order valence-electron chi connectivity index (χ3n) is 12.3. The summed E-state index contributed by atoms with van der Waals surface area (Å²) in [4.78, 5) is 2.49. The van der Waals surface area contributed by atoms with Crippen molar-refractivity contribution in [2.75, 3.05) is 4.90 Å². The largest absolute Gasteiger partial charge is 0.456 e. The summed E-state index contributed by atoms with van der Waals surface area (Å²) in [7, 11) is 0. The molecule has 1 atom stereocenters. The van der Waals surface area contributed by atoms with Crippen molar-refractivity contribution in [1.82, 2.24) is 4.57 Å². The molecule has 1 spiro atoms. The summed E-state index contributed by atoms with van der Waals surface area (Å²) in [6.07, 6.45) is 4.60. The minimum atomic E-state index is -0.815. The van der Waals surface area contributed by atoms with Gasteiger partial charge in [-0.05, 0) is 82.9 Å². The highest BCUT2D eigenvalue weighted by molar-refractivity contribution is 6.15. The number of nitrogens with zero attached hydrogens (tertiary/aromatic N) is 4. The van der Waals surface area contributed by atoms with Gasteiger partial charge in [0, 0.05) is 22.1 Å². The Morgan fingerprint density at radius 2 is 1.06 bits per heavy atom. The summed E-state index contributed by atoms with van der Waals surface area (Å²) in [5.74, 6) is 2.89. The van der Waals surface area contributed by atoms with Crippen LogP contribution in [0.15, 0.2) is 158 Å². The van der Waals surface area contributed by atoms with Crippen molar-refractivity contribution in [3.8, 4) is 61.7 Å². The zero-order chi connectivity index (χ0) is 33.4. The van der Waals surface area contributed by atoms with Crippen molar-refractivity contribution in [3.63, 3.8) is 0 Å². The van der Waals surface area contributed by atoms with Crippen LogP contribution in [-0.2, 0) is 5.66 Å². The Morgan fingerprint density at radius 3 is 1.92 bits per heavy atom. The van der Waals surface area contributed by atoms with Crippen LogP contribution in [0.4, 0.5) is 17.2 Å². The molecule has 6 aromatic carbocycles. The highest BCUT2D eigenvalue weighted by atomic mass is 16.5. The molecule has 14 rings (SSSR count). The van der Waals surface area contributed by atoms with Crippen molar-refractivity contribution in [2.24, 2.45) is 0 Å². The zero-order valence-electron chi connectivity index (χ0n) is 27.7. The Labute approximate surface area is 298 Å². The number of hydrogen-bond donors (Lipinski definition) is 0. The van der Waals surface area contributed by atoms with Crippen LogP contribution in [0.2, 0.25) is 0 Å². The first-order valence-electron chi connectivity index (χ1n) is 18.0. The van der Waals surface area contributed by atoms with Gasteiger partial charge in [0.1, 0.15) is 39.5 Å². The van der Waals surface area contributed by atoms with E-state index in [2.05, 4.69) is 177 Å². The minimum Gasteiger partial charge on any atom is -0.456 e. The SMILES string of the molecule is c1ccc2c(c1)-c1ccccc1N1c3cccc4c3C3(c5c(ccc6c5-n5c7c(cccc7c7ccc[n+]3c75)-c3ccccc3-6)O4)[n+]3cccc-2c31. The lowest BCUT2D eigenvalue weighted by atomic mass is 9.79. The van der Waals surface area contributed by atoms with E-state index < -0.39 is 5.66 Å². The van der Waals surface area contributed by atoms with E-state index in [1.165, 1.54) is 72.1 Å². The van der Waals surface area contributed by atoms with Crippen LogP contribution in [0.1, 0.15) is 11.1 Å². The molecule has 0 bridgehead atoms. The molecule has 0 N–H and O–H groups in total. The lowest BCUT2D eigenvalue weighted by Gasteiger charge is -2.44. The van der Waals surface area contributed by atoms with Gasteiger partial charge in [-0.1, -0.05) is 84.9 Å². The predicted molar refractivity (Wildman–Crippen MR) is 203 cm³/mol. The van der Waals surface area contributed by atoms with Crippen molar-refractivity contribution < 1.29 is 13.9 Å². The van der Waals surface area contributed by atoms with E-state index in [9.17, 15) is 0 Å². The number of hydrogen-bond acceptors (Lipinski definition) is 2. The molecule has 0 saturated heterocycles. The molecule has 0 aliphatic carbocycles. The smallest absolute Gasteiger partial charge is 0.321 e. The molecular weight excluding hydrogens is 637 g/mol. The summed E-state index contributed by atoms with van der Waals surface area (Å²) in [5, 5.41) is 2.49. The molecule has 0 radical (unpaired) electrons. The number of aromatic nitrogens is 3. The summed E-state index contributed by atoms with van der Waals surface area (Å²) < 4.78 is 14.8. The molecule has 0 fully saturated rings. The molecule has 5 heteroatoms. The summed E-state index contributed by atoms with van der Waals surface area (Å²) >= 11 is 0. The monoisotopic (exact) mass is 662 g/mol. The fourth-order valence-corrected chi connectivity index (χ4v) is 10.5. The summed E-state index contributed by atoms with van der Waals surface area (Å²) in [6, 6.07) is 53.6. The molecule has 0 saturated carbocycles. The van der Waals surface area contributed by atoms with Gasteiger partial charge in [-0.15, -0.1) is 0 Å². The average molecular weight is 663 g/mol. The number of anilines is 3. The zero-order valence-corrected chi connectivity index (χ0v) is 27.7. The molecule has 5 aliphatic rings. The second kappa shape index (κ2) is 8.48. The second-order valence-electron chi connectivity index (χ2n) is 14.5. The standard InChI is InChI=1S/C47H26N4O/c1-4-14-30-27(11-1)31-15-5-6-20-37(31)50-38-21-8-22-39-41(38)47(48-25-9-18-35(30)45(48)50)42-40(52-39)24-23-34-29-13-3-2-12-28(29)32-16-7-17-33-36-19-10-26-49(47)46(36)51(43(32)33)44(34)42/h1-26H/q+2. The molecule has 9 aromatic rings. The van der Waals surface area contributed by atoms with Crippen molar-refractivity contribution in [3.05, 3.63) is 169 Å². The molecule has 1 unspecified atom stereocenters. The Balaban J connectivity index is 1.28. The van der Waals surface area contributed by atoms with Gasteiger partial charge in [0.25, 0.3) is 11.5 Å². The Kier molecular flexibility index (Phi) is 4.23. The average Bonchev–Trinajstić information content (AvgIpc) is 3.40. The van der Waals surface area contributed by atoms with Crippen LogP contribution in [0.5, 0.6) is 11.5 Å². The van der Waals surface area contributed by atoms with Gasteiger partial charge >= 0.3 is 5.66 Å². The first-order valence-corrected chi connectivity index (χ1v) is 18.0. The first-order chi connectivity index (χ1) is 25.8. The Bertz CT molecular complexity index is 3190. The van der Waals surface area contributed by atoms with E-state index in [0.717, 1.165) is 39.8 Å². The minimum absolute atomic E-state index is 0.815. The van der Waals surface area contributed by atoms with Crippen molar-refractivity contribution in [2.45, 2.75) is 5.66 Å². The van der Waals surface area contributed by atoms with Crippen LogP contribution >= 0.6 is 0 Å². The van der Waals surface area contributed by atoms with Crippen molar-refractivity contribution >= 4 is 39.1 Å². The number of para-hydroxylation sites is 2. The molecular formula is C47H26N4O+2. The third kappa shape index (κ3) is 2.60. The topological polar surface area (TPSA) is 25.2 Å². The number of pyridine rings is 2. The quantitative estimate of drug-likeness (QED) is 0.151. The van der Waals surface area contributed by atoms with E-state index in [-0.39, 0.29) is 0 Å². The van der Waals surface area contributed by atoms with Gasteiger partial charge < -0.3 is 4.74 Å². The Morgan fingerprint density at radius 1 is 0.442 bits per heavy atom. The van der Waals surface area contributed by atoms with E-state index >= 15 is 0 Å². The number of benzene rings is 6. The first kappa shape index (κ1) is 25.9. The van der Waals surface area contributed by atoms with Crippen LogP contribution in [0, 0.1) is 0 Å². The maximum Gasteiger partial charge on any atom is 0.321 e. The van der Waals surface area contributed by atoms with E-state index in [1.54, 1.807) is 0 Å². The van der Waals surface area contributed by atoms with Gasteiger partial charge in [-0.2, -0.15) is 18.6 Å². The van der Waals surface area contributed by atoms with Gasteiger partial charge in [-0.25, -0.2) is 0 Å². The summed E-state index contributed by atoms with van der Waals surface area (Å²) in [5.41, 5.74) is 17.2. The molecule has 238 valence electrons. The lowest BCUT2D eigenvalue weighted by molar-refractivity contribution is -0.958. The van der Waals surface area contributed by atoms with Crippen LogP contribution in [0.3, 0.4) is 0 Å². The highest BCUT2D eigenvalue weighted by Crippen LogP contribution is 2.62. The number of rotatable bonds is 0. The van der Waals surface area contributed by atoms with E-state index in [1.807, 2.05) is 0 Å². The molecule has 3 aromatic heterocycles. The third-order valence-corrected chi connectivity index (χ3v) is 12.3. The maximum atomic E-state index is 7.14. The predicted octanol–water partition coefficient (Wildman–Crippen LogP) is 10.2. The lowest BCUT2D eigenvalue weighted by Crippen LogP contribution is -2.78. The molecule has 5 nitrogen and oxygen atoms in total.